The van der Waals surface area contributed by atoms with E-state index >= 15 is 0 Å². The van der Waals surface area contributed by atoms with Gasteiger partial charge in [-0.25, -0.2) is 0 Å². The maximum atomic E-state index is 12.4. The summed E-state index contributed by atoms with van der Waals surface area (Å²) < 4.78 is 0. The van der Waals surface area contributed by atoms with E-state index < -0.39 is 0 Å². The number of nitrogens with zero attached hydrogens (tertiary/aromatic N) is 3. The third-order valence-electron chi connectivity index (χ3n) is 4.64. The number of benzene rings is 1. The minimum absolute atomic E-state index is 0.121. The number of carbonyl (C=O) groups excluding carboxylic acids is 1. The molecule has 1 aromatic heterocycles. The second-order valence-corrected chi connectivity index (χ2v) is 6.91. The zero-order valence-corrected chi connectivity index (χ0v) is 15.5. The predicted molar refractivity (Wildman–Crippen MR) is 103 cm³/mol. The van der Waals surface area contributed by atoms with Crippen LogP contribution in [0.1, 0.15) is 18.5 Å². The summed E-state index contributed by atoms with van der Waals surface area (Å²) in [5, 5.41) is 15.1. The number of nitrogens with one attached hydrogen (secondary N) is 2. The molecule has 7 heteroatoms. The predicted octanol–water partition coefficient (Wildman–Crippen LogP) is 2.57. The Balaban J connectivity index is 1.35. The summed E-state index contributed by atoms with van der Waals surface area (Å²) in [7, 11) is 0. The van der Waals surface area contributed by atoms with E-state index in [4.69, 9.17) is 11.6 Å². The number of halogens is 1. The van der Waals surface area contributed by atoms with Gasteiger partial charge in [-0.2, -0.15) is 10.2 Å². The Morgan fingerprint density at radius 3 is 2.73 bits per heavy atom. The molecule has 2 N–H and O–H groups in total. The van der Waals surface area contributed by atoms with Gasteiger partial charge in [0.25, 0.3) is 0 Å². The molecule has 1 amide bonds. The monoisotopic (exact) mass is 373 g/mol. The number of likely N-dealkylation sites (tertiary alicyclic amines) is 1. The van der Waals surface area contributed by atoms with Crippen molar-refractivity contribution in [1.29, 1.82) is 0 Å². The molecule has 3 rings (SSSR count). The van der Waals surface area contributed by atoms with Crippen molar-refractivity contribution in [2.24, 2.45) is 5.92 Å². The van der Waals surface area contributed by atoms with Crippen LogP contribution in [-0.4, -0.2) is 47.2 Å². The summed E-state index contributed by atoms with van der Waals surface area (Å²) in [5.41, 5.74) is 1.75. The number of piperidine rings is 1. The van der Waals surface area contributed by atoms with Crippen molar-refractivity contribution < 1.29 is 4.79 Å². The standard InChI is InChI=1S/C19H24ClN5O/c20-17-5-1-2-6-18(17)22-14-19(26)25-10-7-15(8-11-25)12-21-13-16-4-3-9-23-24-16/h1-6,9,15,21-22H,7-8,10-14H2. The van der Waals surface area contributed by atoms with E-state index in [0.29, 0.717) is 10.9 Å². The maximum Gasteiger partial charge on any atom is 0.241 e. The minimum atomic E-state index is 0.121. The highest BCUT2D eigenvalue weighted by atomic mass is 35.5. The molecule has 1 aliphatic rings. The Morgan fingerprint density at radius 1 is 1.19 bits per heavy atom. The quantitative estimate of drug-likeness (QED) is 0.780. The topological polar surface area (TPSA) is 70.2 Å². The molecule has 2 heterocycles. The molecule has 0 radical (unpaired) electrons. The van der Waals surface area contributed by atoms with E-state index in [1.54, 1.807) is 6.20 Å². The summed E-state index contributed by atoms with van der Waals surface area (Å²) in [6.07, 6.45) is 3.72. The molecule has 1 aliphatic heterocycles. The van der Waals surface area contributed by atoms with Gasteiger partial charge in [0.2, 0.25) is 5.91 Å². The summed E-state index contributed by atoms with van der Waals surface area (Å²) in [6, 6.07) is 11.3. The number of para-hydroxylation sites is 1. The van der Waals surface area contributed by atoms with Crippen molar-refractivity contribution in [3.8, 4) is 0 Å². The Bertz CT molecular complexity index is 704. The molecule has 138 valence electrons. The minimum Gasteiger partial charge on any atom is -0.375 e. The van der Waals surface area contributed by atoms with Crippen LogP contribution in [0.15, 0.2) is 42.6 Å². The molecule has 6 nitrogen and oxygen atoms in total. The van der Waals surface area contributed by atoms with Crippen LogP contribution in [-0.2, 0) is 11.3 Å². The van der Waals surface area contributed by atoms with E-state index in [2.05, 4.69) is 20.8 Å². The molecule has 0 saturated carbocycles. The number of rotatable bonds is 7. The molecule has 0 spiro atoms. The van der Waals surface area contributed by atoms with E-state index in [1.807, 2.05) is 41.3 Å². The highest BCUT2D eigenvalue weighted by Gasteiger charge is 2.22. The summed E-state index contributed by atoms with van der Waals surface area (Å²) >= 11 is 6.10. The first-order valence-corrected chi connectivity index (χ1v) is 9.33. The molecule has 1 fully saturated rings. The highest BCUT2D eigenvalue weighted by molar-refractivity contribution is 6.33. The Kier molecular flexibility index (Phi) is 6.80. The molecule has 0 unspecified atom stereocenters. The summed E-state index contributed by atoms with van der Waals surface area (Å²) in [4.78, 5) is 14.3. The van der Waals surface area contributed by atoms with Gasteiger partial charge in [-0.1, -0.05) is 23.7 Å². The zero-order chi connectivity index (χ0) is 18.2. The van der Waals surface area contributed by atoms with Crippen LogP contribution >= 0.6 is 11.6 Å². The third kappa shape index (κ3) is 5.41. The van der Waals surface area contributed by atoms with E-state index in [1.165, 1.54) is 0 Å². The fourth-order valence-corrected chi connectivity index (χ4v) is 3.31. The molecular formula is C19H24ClN5O. The van der Waals surface area contributed by atoms with Crippen LogP contribution < -0.4 is 10.6 Å². The molecule has 2 aromatic rings. The lowest BCUT2D eigenvalue weighted by atomic mass is 9.96. The lowest BCUT2D eigenvalue weighted by Gasteiger charge is -2.32. The first kappa shape index (κ1) is 18.6. The van der Waals surface area contributed by atoms with Crippen LogP contribution in [0.3, 0.4) is 0 Å². The fourth-order valence-electron chi connectivity index (χ4n) is 3.11. The summed E-state index contributed by atoms with van der Waals surface area (Å²) in [5.74, 6) is 0.711. The van der Waals surface area contributed by atoms with Crippen LogP contribution in [0.25, 0.3) is 0 Å². The van der Waals surface area contributed by atoms with E-state index in [9.17, 15) is 4.79 Å². The average molecular weight is 374 g/mol. The largest absolute Gasteiger partial charge is 0.375 e. The van der Waals surface area contributed by atoms with Gasteiger partial charge < -0.3 is 15.5 Å². The van der Waals surface area contributed by atoms with Crippen molar-refractivity contribution in [2.45, 2.75) is 19.4 Å². The lowest BCUT2D eigenvalue weighted by molar-refractivity contribution is -0.130. The van der Waals surface area contributed by atoms with Gasteiger partial charge in [-0.3, -0.25) is 4.79 Å². The van der Waals surface area contributed by atoms with Crippen molar-refractivity contribution in [1.82, 2.24) is 20.4 Å². The normalized spacial score (nSPS) is 15.0. The van der Waals surface area contributed by atoms with E-state index in [0.717, 1.165) is 50.4 Å². The SMILES string of the molecule is O=C(CNc1ccccc1Cl)N1CCC(CNCc2cccnn2)CC1. The van der Waals surface area contributed by atoms with Gasteiger partial charge in [0.05, 0.1) is 22.9 Å². The Hall–Kier alpha value is -2.18. The van der Waals surface area contributed by atoms with Gasteiger partial charge in [-0.15, -0.1) is 0 Å². The van der Waals surface area contributed by atoms with Crippen LogP contribution in [0.4, 0.5) is 5.69 Å². The number of carbonyl (C=O) groups is 1. The van der Waals surface area contributed by atoms with Gasteiger partial charge >= 0.3 is 0 Å². The highest BCUT2D eigenvalue weighted by Crippen LogP contribution is 2.21. The first-order chi connectivity index (χ1) is 12.7. The Labute approximate surface area is 158 Å². The molecule has 0 aliphatic carbocycles. The molecular weight excluding hydrogens is 350 g/mol. The van der Waals surface area contributed by atoms with Crippen molar-refractivity contribution >= 4 is 23.2 Å². The van der Waals surface area contributed by atoms with Gasteiger partial charge in [-0.05, 0) is 49.6 Å². The molecule has 1 saturated heterocycles. The number of anilines is 1. The zero-order valence-electron chi connectivity index (χ0n) is 14.7. The number of hydrogen-bond acceptors (Lipinski definition) is 5. The van der Waals surface area contributed by atoms with Gasteiger partial charge in [0.1, 0.15) is 0 Å². The lowest BCUT2D eigenvalue weighted by Crippen LogP contribution is -2.43. The maximum absolute atomic E-state index is 12.4. The first-order valence-electron chi connectivity index (χ1n) is 8.96. The molecule has 0 atom stereocenters. The van der Waals surface area contributed by atoms with Crippen LogP contribution in [0.5, 0.6) is 0 Å². The second-order valence-electron chi connectivity index (χ2n) is 6.50. The average Bonchev–Trinajstić information content (AvgIpc) is 2.68. The number of aromatic nitrogens is 2. The van der Waals surface area contributed by atoms with Crippen molar-refractivity contribution in [3.63, 3.8) is 0 Å². The van der Waals surface area contributed by atoms with Gasteiger partial charge in [0, 0.05) is 25.8 Å². The fraction of sp³-hybridized carbons (Fsp3) is 0.421. The van der Waals surface area contributed by atoms with Crippen LogP contribution in [0.2, 0.25) is 5.02 Å². The van der Waals surface area contributed by atoms with Crippen molar-refractivity contribution in [2.75, 3.05) is 31.5 Å². The third-order valence-corrected chi connectivity index (χ3v) is 4.97. The van der Waals surface area contributed by atoms with Gasteiger partial charge in [0.15, 0.2) is 0 Å². The summed E-state index contributed by atoms with van der Waals surface area (Å²) in [6.45, 7) is 3.56. The Morgan fingerprint density at radius 2 is 2.00 bits per heavy atom. The van der Waals surface area contributed by atoms with Crippen molar-refractivity contribution in [3.05, 3.63) is 53.3 Å². The second kappa shape index (κ2) is 9.50. The smallest absolute Gasteiger partial charge is 0.241 e. The molecule has 1 aromatic carbocycles. The number of hydrogen-bond donors (Lipinski definition) is 2. The van der Waals surface area contributed by atoms with E-state index in [-0.39, 0.29) is 12.5 Å². The van der Waals surface area contributed by atoms with Crippen LogP contribution in [0, 0.1) is 5.92 Å². The molecule has 26 heavy (non-hydrogen) atoms. The number of amides is 1. The molecule has 0 bridgehead atoms.